The maximum Gasteiger partial charge on any atom is 0.335 e. The van der Waals surface area contributed by atoms with E-state index in [1.807, 2.05) is 11.8 Å². The van der Waals surface area contributed by atoms with Crippen LogP contribution < -0.4 is 0 Å². The molecule has 1 N–H and O–H groups in total. The molecule has 1 aromatic carbocycles. The number of likely N-dealkylation sites (N-methyl/N-ethyl adjacent to an activating group) is 1. The summed E-state index contributed by atoms with van der Waals surface area (Å²) in [5.74, 6) is -0.551. The summed E-state index contributed by atoms with van der Waals surface area (Å²) >= 11 is 23.4. The zero-order chi connectivity index (χ0) is 19.7. The lowest BCUT2D eigenvalue weighted by molar-refractivity contribution is -0.133. The lowest BCUT2D eigenvalue weighted by atomic mass is 9.93. The van der Waals surface area contributed by atoms with E-state index >= 15 is 0 Å². The SMILES string of the molecule is CCN1C(c2ncsc2Cl)=NC(CBr)=C(C(=O)O)C1c1ccc(Cl)cc1Cl. The van der Waals surface area contributed by atoms with E-state index in [1.165, 1.54) is 11.3 Å². The second kappa shape index (κ2) is 8.49. The predicted octanol–water partition coefficient (Wildman–Crippen LogP) is 5.66. The van der Waals surface area contributed by atoms with E-state index in [9.17, 15) is 9.90 Å². The Kier molecular flexibility index (Phi) is 6.48. The van der Waals surface area contributed by atoms with Gasteiger partial charge in [0.15, 0.2) is 5.84 Å². The monoisotopic (exact) mass is 507 g/mol. The molecule has 2 heterocycles. The second-order valence-electron chi connectivity index (χ2n) is 5.56. The summed E-state index contributed by atoms with van der Waals surface area (Å²) in [4.78, 5) is 22.8. The maximum atomic E-state index is 12.1. The maximum absolute atomic E-state index is 12.1. The Balaban J connectivity index is 2.29. The van der Waals surface area contributed by atoms with Gasteiger partial charge in [-0.15, -0.1) is 11.3 Å². The number of aromatic nitrogens is 1. The van der Waals surface area contributed by atoms with E-state index < -0.39 is 12.0 Å². The number of aliphatic imine (C=N–C) groups is 1. The van der Waals surface area contributed by atoms with Gasteiger partial charge < -0.3 is 10.0 Å². The van der Waals surface area contributed by atoms with E-state index in [4.69, 9.17) is 34.8 Å². The molecule has 2 aromatic rings. The van der Waals surface area contributed by atoms with E-state index in [0.29, 0.717) is 43.7 Å². The van der Waals surface area contributed by atoms with Gasteiger partial charge in [-0.1, -0.05) is 56.8 Å². The van der Waals surface area contributed by atoms with Gasteiger partial charge in [0.1, 0.15) is 10.0 Å². The van der Waals surface area contributed by atoms with Crippen molar-refractivity contribution in [3.63, 3.8) is 0 Å². The van der Waals surface area contributed by atoms with Crippen molar-refractivity contribution in [2.24, 2.45) is 4.99 Å². The summed E-state index contributed by atoms with van der Waals surface area (Å²) in [5, 5.41) is 11.0. The van der Waals surface area contributed by atoms with Crippen LogP contribution in [0.3, 0.4) is 0 Å². The number of aliphatic carboxylic acids is 1. The van der Waals surface area contributed by atoms with E-state index in [-0.39, 0.29) is 10.9 Å². The number of hydrogen-bond donors (Lipinski definition) is 1. The molecule has 142 valence electrons. The third-order valence-electron chi connectivity index (χ3n) is 4.10. The first kappa shape index (κ1) is 20.6. The number of allylic oxidation sites excluding steroid dienone is 1. The van der Waals surface area contributed by atoms with Crippen LogP contribution in [0.4, 0.5) is 0 Å². The highest BCUT2D eigenvalue weighted by molar-refractivity contribution is 9.09. The average Bonchev–Trinajstić information content (AvgIpc) is 3.05. The number of rotatable bonds is 5. The normalized spacial score (nSPS) is 17.3. The fourth-order valence-corrected chi connectivity index (χ4v) is 4.67. The van der Waals surface area contributed by atoms with Crippen molar-refractivity contribution in [3.05, 3.63) is 60.6 Å². The Labute approximate surface area is 183 Å². The molecule has 0 bridgehead atoms. The summed E-state index contributed by atoms with van der Waals surface area (Å²) in [7, 11) is 0. The van der Waals surface area contributed by atoms with E-state index in [1.54, 1.807) is 23.7 Å². The topological polar surface area (TPSA) is 65.8 Å². The Hall–Kier alpha value is -1.12. The van der Waals surface area contributed by atoms with Crippen LogP contribution in [0.25, 0.3) is 0 Å². The first-order valence-corrected chi connectivity index (χ1v) is 10.9. The standard InChI is InChI=1S/C17H13BrCl3N3O2S/c1-2-24-14(9-4-3-8(19)5-10(9)20)12(17(25)26)11(6-18)23-16(24)13-15(21)27-7-22-13/h3-5,7,14H,2,6H2,1H3,(H,25,26). The van der Waals surface area contributed by atoms with Crippen LogP contribution in [0.5, 0.6) is 0 Å². The molecule has 1 atom stereocenters. The van der Waals surface area contributed by atoms with E-state index in [0.717, 1.165) is 0 Å². The number of amidine groups is 1. The number of carbonyl (C=O) groups is 1. The molecule has 0 amide bonds. The minimum atomic E-state index is -1.06. The molecule has 0 radical (unpaired) electrons. The van der Waals surface area contributed by atoms with Crippen LogP contribution in [0.1, 0.15) is 24.2 Å². The van der Waals surface area contributed by atoms with Crippen molar-refractivity contribution in [1.29, 1.82) is 0 Å². The van der Waals surface area contributed by atoms with Crippen LogP contribution in [-0.4, -0.2) is 38.7 Å². The third-order valence-corrected chi connectivity index (χ3v) is 6.25. The van der Waals surface area contributed by atoms with Gasteiger partial charge >= 0.3 is 5.97 Å². The van der Waals surface area contributed by atoms with Crippen LogP contribution in [0.2, 0.25) is 14.4 Å². The Morgan fingerprint density at radius 2 is 2.11 bits per heavy atom. The molecule has 1 aliphatic heterocycles. The van der Waals surface area contributed by atoms with Crippen molar-refractivity contribution in [3.8, 4) is 0 Å². The van der Waals surface area contributed by atoms with Gasteiger partial charge in [0.2, 0.25) is 0 Å². The number of halogens is 4. The third kappa shape index (κ3) is 3.89. The van der Waals surface area contributed by atoms with Crippen LogP contribution in [0, 0.1) is 0 Å². The number of carboxylic acid groups (broad SMARTS) is 1. The molecule has 1 aliphatic rings. The average molecular weight is 510 g/mol. The smallest absolute Gasteiger partial charge is 0.335 e. The van der Waals surface area contributed by atoms with Gasteiger partial charge in [0.25, 0.3) is 0 Å². The lowest BCUT2D eigenvalue weighted by Gasteiger charge is -2.37. The first-order chi connectivity index (χ1) is 12.9. The lowest BCUT2D eigenvalue weighted by Crippen LogP contribution is -2.41. The molecule has 1 unspecified atom stereocenters. The predicted molar refractivity (Wildman–Crippen MR) is 114 cm³/mol. The second-order valence-corrected chi connectivity index (χ2v) is 8.42. The first-order valence-electron chi connectivity index (χ1n) is 7.80. The van der Waals surface area contributed by atoms with Gasteiger partial charge in [-0.05, 0) is 24.6 Å². The van der Waals surface area contributed by atoms with Crippen molar-refractivity contribution < 1.29 is 9.90 Å². The number of carboxylic acids is 1. The molecule has 27 heavy (non-hydrogen) atoms. The fraction of sp³-hybridized carbons (Fsp3) is 0.235. The summed E-state index contributed by atoms with van der Waals surface area (Å²) in [6.45, 7) is 2.38. The molecule has 1 aromatic heterocycles. The van der Waals surface area contributed by atoms with Crippen molar-refractivity contribution >= 4 is 73.9 Å². The Morgan fingerprint density at radius 1 is 1.37 bits per heavy atom. The van der Waals surface area contributed by atoms with Gasteiger partial charge in [0, 0.05) is 21.9 Å². The molecule has 3 rings (SSSR count). The number of alkyl halides is 1. The Bertz CT molecular complexity index is 961. The summed E-state index contributed by atoms with van der Waals surface area (Å²) in [5.41, 5.74) is 3.30. The van der Waals surface area contributed by atoms with Crippen molar-refractivity contribution in [2.45, 2.75) is 13.0 Å². The highest BCUT2D eigenvalue weighted by atomic mass is 79.9. The summed E-state index contributed by atoms with van der Waals surface area (Å²) in [6, 6.07) is 4.36. The molecule has 10 heteroatoms. The Morgan fingerprint density at radius 3 is 2.63 bits per heavy atom. The summed E-state index contributed by atoms with van der Waals surface area (Å²) < 4.78 is 0.487. The summed E-state index contributed by atoms with van der Waals surface area (Å²) in [6.07, 6.45) is 0. The largest absolute Gasteiger partial charge is 0.478 e. The van der Waals surface area contributed by atoms with Gasteiger partial charge in [-0.25, -0.2) is 14.8 Å². The molecule has 5 nitrogen and oxygen atoms in total. The minimum absolute atomic E-state index is 0.146. The minimum Gasteiger partial charge on any atom is -0.478 e. The molecule has 0 spiro atoms. The fourth-order valence-electron chi connectivity index (χ4n) is 2.98. The molecule has 0 fully saturated rings. The van der Waals surface area contributed by atoms with Gasteiger partial charge in [-0.2, -0.15) is 0 Å². The van der Waals surface area contributed by atoms with Crippen LogP contribution in [0.15, 0.2) is 40.0 Å². The number of nitrogens with zero attached hydrogens (tertiary/aromatic N) is 3. The number of benzene rings is 1. The van der Waals surface area contributed by atoms with E-state index in [2.05, 4.69) is 25.9 Å². The molecule has 0 aliphatic carbocycles. The number of hydrogen-bond acceptors (Lipinski definition) is 5. The van der Waals surface area contributed by atoms with Crippen molar-refractivity contribution in [1.82, 2.24) is 9.88 Å². The molecular formula is C17H13BrCl3N3O2S. The van der Waals surface area contributed by atoms with Gasteiger partial charge in [0.05, 0.1) is 22.8 Å². The highest BCUT2D eigenvalue weighted by Gasteiger charge is 2.38. The highest BCUT2D eigenvalue weighted by Crippen LogP contribution is 2.41. The van der Waals surface area contributed by atoms with Crippen LogP contribution >= 0.6 is 62.1 Å². The quantitative estimate of drug-likeness (QED) is 0.528. The van der Waals surface area contributed by atoms with Crippen LogP contribution in [-0.2, 0) is 4.79 Å². The molecular weight excluding hydrogens is 497 g/mol. The zero-order valence-electron chi connectivity index (χ0n) is 13.9. The molecule has 0 saturated heterocycles. The van der Waals surface area contributed by atoms with Crippen molar-refractivity contribution in [2.75, 3.05) is 11.9 Å². The number of thiazole rings is 1. The molecule has 0 saturated carbocycles. The zero-order valence-corrected chi connectivity index (χ0v) is 18.6. The van der Waals surface area contributed by atoms with Gasteiger partial charge in [-0.3, -0.25) is 0 Å².